The zero-order chi connectivity index (χ0) is 34.1. The van der Waals surface area contributed by atoms with Gasteiger partial charge in [-0.05, 0) is 83.9 Å². The zero-order valence-corrected chi connectivity index (χ0v) is 28.6. The van der Waals surface area contributed by atoms with Crippen LogP contribution < -0.4 is 0 Å². The van der Waals surface area contributed by atoms with E-state index in [4.69, 9.17) is 9.97 Å². The number of rotatable bonds is 4. The predicted molar refractivity (Wildman–Crippen MR) is 214 cm³/mol. The summed E-state index contributed by atoms with van der Waals surface area (Å²) in [4.78, 5) is 10.8. The smallest absolute Gasteiger partial charge is 0.161 e. The van der Waals surface area contributed by atoms with Gasteiger partial charge in [0.1, 0.15) is 0 Å². The van der Waals surface area contributed by atoms with Crippen LogP contribution in [-0.2, 0) is 5.41 Å². The standard InChI is InChI=1S/C49H34N2/c1-49(2)42-24-11-10-22-40(42)46-37(23-13-25-43(46)49)33-18-12-19-35(28-33)45-30-44(32-15-4-3-5-16-32)50-48(51-45)47-38-21-9-7-17-34(38)29-41-36-20-8-6-14-31(36)26-27-39(41)47/h3-30H,1-2H3. The first-order valence-corrected chi connectivity index (χ1v) is 17.7. The van der Waals surface area contributed by atoms with Gasteiger partial charge in [0.15, 0.2) is 5.82 Å². The normalized spacial score (nSPS) is 13.1. The maximum absolute atomic E-state index is 5.43. The Morgan fingerprint density at radius 1 is 0.373 bits per heavy atom. The molecule has 1 aliphatic carbocycles. The van der Waals surface area contributed by atoms with E-state index < -0.39 is 0 Å². The average Bonchev–Trinajstić information content (AvgIpc) is 3.43. The van der Waals surface area contributed by atoms with E-state index in [1.807, 2.05) is 0 Å². The van der Waals surface area contributed by atoms with Gasteiger partial charge in [0.25, 0.3) is 0 Å². The van der Waals surface area contributed by atoms with Gasteiger partial charge in [-0.15, -0.1) is 0 Å². The number of fused-ring (bicyclic) bond motifs is 7. The minimum atomic E-state index is -0.0573. The fourth-order valence-corrected chi connectivity index (χ4v) is 8.37. The first kappa shape index (κ1) is 29.5. The summed E-state index contributed by atoms with van der Waals surface area (Å²) in [6.45, 7) is 4.68. The van der Waals surface area contributed by atoms with E-state index >= 15 is 0 Å². The van der Waals surface area contributed by atoms with Crippen LogP contribution in [0.15, 0.2) is 170 Å². The summed E-state index contributed by atoms with van der Waals surface area (Å²) < 4.78 is 0. The summed E-state index contributed by atoms with van der Waals surface area (Å²) in [6, 6.07) is 61.2. The summed E-state index contributed by atoms with van der Waals surface area (Å²) >= 11 is 0. The van der Waals surface area contributed by atoms with E-state index in [0.717, 1.165) is 44.7 Å². The molecule has 0 amide bonds. The molecule has 240 valence electrons. The van der Waals surface area contributed by atoms with Crippen LogP contribution in [0, 0.1) is 0 Å². The highest BCUT2D eigenvalue weighted by Crippen LogP contribution is 2.52. The highest BCUT2D eigenvalue weighted by molar-refractivity contribution is 6.19. The lowest BCUT2D eigenvalue weighted by Crippen LogP contribution is -2.14. The van der Waals surface area contributed by atoms with Crippen LogP contribution in [0.2, 0.25) is 0 Å². The van der Waals surface area contributed by atoms with E-state index in [-0.39, 0.29) is 5.41 Å². The molecule has 0 saturated heterocycles. The fourth-order valence-electron chi connectivity index (χ4n) is 8.37. The molecule has 9 aromatic rings. The Hall–Kier alpha value is -6.38. The van der Waals surface area contributed by atoms with Crippen LogP contribution in [0.3, 0.4) is 0 Å². The topological polar surface area (TPSA) is 25.8 Å². The molecule has 0 fully saturated rings. The lowest BCUT2D eigenvalue weighted by atomic mass is 9.82. The molecule has 1 aliphatic rings. The Morgan fingerprint density at radius 2 is 1.00 bits per heavy atom. The van der Waals surface area contributed by atoms with Gasteiger partial charge in [-0.25, -0.2) is 9.97 Å². The molecule has 0 bridgehead atoms. The van der Waals surface area contributed by atoms with Gasteiger partial charge in [-0.1, -0.05) is 166 Å². The second-order valence-electron chi connectivity index (χ2n) is 14.2. The molecule has 0 unspecified atom stereocenters. The molecule has 0 aliphatic heterocycles. The Labute approximate surface area is 297 Å². The molecule has 8 aromatic carbocycles. The van der Waals surface area contributed by atoms with Crippen molar-refractivity contribution in [3.8, 4) is 56.2 Å². The Bertz CT molecular complexity index is 2830. The van der Waals surface area contributed by atoms with Gasteiger partial charge < -0.3 is 0 Å². The molecule has 0 radical (unpaired) electrons. The quantitative estimate of drug-likeness (QED) is 0.140. The molecule has 0 N–H and O–H groups in total. The second kappa shape index (κ2) is 11.3. The Kier molecular flexibility index (Phi) is 6.56. The van der Waals surface area contributed by atoms with Crippen molar-refractivity contribution in [2.45, 2.75) is 19.3 Å². The predicted octanol–water partition coefficient (Wildman–Crippen LogP) is 12.9. The maximum atomic E-state index is 5.43. The number of hydrogen-bond acceptors (Lipinski definition) is 2. The molecule has 2 nitrogen and oxygen atoms in total. The van der Waals surface area contributed by atoms with Crippen molar-refractivity contribution in [3.63, 3.8) is 0 Å². The van der Waals surface area contributed by atoms with Gasteiger partial charge >= 0.3 is 0 Å². The van der Waals surface area contributed by atoms with E-state index in [9.17, 15) is 0 Å². The lowest BCUT2D eigenvalue weighted by Gasteiger charge is -2.21. The third-order valence-electron chi connectivity index (χ3n) is 10.9. The first-order valence-electron chi connectivity index (χ1n) is 17.7. The van der Waals surface area contributed by atoms with Gasteiger partial charge in [-0.2, -0.15) is 0 Å². The average molecular weight is 651 g/mol. The summed E-state index contributed by atoms with van der Waals surface area (Å²) in [5, 5.41) is 7.13. The molecule has 51 heavy (non-hydrogen) atoms. The summed E-state index contributed by atoms with van der Waals surface area (Å²) in [5.41, 5.74) is 12.8. The fraction of sp³-hybridized carbons (Fsp3) is 0.0612. The third kappa shape index (κ3) is 4.64. The van der Waals surface area contributed by atoms with Gasteiger partial charge in [0, 0.05) is 22.1 Å². The van der Waals surface area contributed by atoms with E-state index in [1.54, 1.807) is 0 Å². The lowest BCUT2D eigenvalue weighted by molar-refractivity contribution is 0.660. The number of nitrogens with zero attached hydrogens (tertiary/aromatic N) is 2. The van der Waals surface area contributed by atoms with E-state index in [2.05, 4.69) is 184 Å². The van der Waals surface area contributed by atoms with Gasteiger partial charge in [0.05, 0.1) is 11.4 Å². The third-order valence-corrected chi connectivity index (χ3v) is 10.9. The molecule has 0 spiro atoms. The SMILES string of the molecule is CC1(C)c2ccccc2-c2c(-c3cccc(-c4cc(-c5ccccc5)nc(-c5c6ccccc6cc6c5ccc5ccccc56)n4)c3)cccc21. The highest BCUT2D eigenvalue weighted by atomic mass is 14.9. The van der Waals surface area contributed by atoms with Crippen molar-refractivity contribution in [3.05, 3.63) is 181 Å². The van der Waals surface area contributed by atoms with Crippen LogP contribution >= 0.6 is 0 Å². The molecular formula is C49H34N2. The highest BCUT2D eigenvalue weighted by Gasteiger charge is 2.36. The number of hydrogen-bond donors (Lipinski definition) is 0. The molecular weight excluding hydrogens is 617 g/mol. The first-order chi connectivity index (χ1) is 25.0. The second-order valence-corrected chi connectivity index (χ2v) is 14.2. The minimum absolute atomic E-state index is 0.0573. The van der Waals surface area contributed by atoms with Crippen molar-refractivity contribution in [1.29, 1.82) is 0 Å². The van der Waals surface area contributed by atoms with E-state index in [0.29, 0.717) is 0 Å². The summed E-state index contributed by atoms with van der Waals surface area (Å²) in [7, 11) is 0. The van der Waals surface area contributed by atoms with Gasteiger partial charge in [-0.3, -0.25) is 0 Å². The van der Waals surface area contributed by atoms with Crippen molar-refractivity contribution < 1.29 is 0 Å². The zero-order valence-electron chi connectivity index (χ0n) is 28.6. The number of benzene rings is 8. The summed E-state index contributed by atoms with van der Waals surface area (Å²) in [5.74, 6) is 0.727. The Morgan fingerprint density at radius 3 is 1.86 bits per heavy atom. The number of aromatic nitrogens is 2. The van der Waals surface area contributed by atoms with Crippen LogP contribution in [0.5, 0.6) is 0 Å². The molecule has 1 heterocycles. The van der Waals surface area contributed by atoms with E-state index in [1.165, 1.54) is 54.9 Å². The van der Waals surface area contributed by atoms with Crippen LogP contribution in [0.1, 0.15) is 25.0 Å². The molecule has 10 rings (SSSR count). The molecule has 0 saturated carbocycles. The maximum Gasteiger partial charge on any atom is 0.161 e. The summed E-state index contributed by atoms with van der Waals surface area (Å²) in [6.07, 6.45) is 0. The van der Waals surface area contributed by atoms with Crippen molar-refractivity contribution >= 4 is 32.3 Å². The molecule has 2 heteroatoms. The van der Waals surface area contributed by atoms with Crippen LogP contribution in [0.4, 0.5) is 0 Å². The molecule has 1 aromatic heterocycles. The van der Waals surface area contributed by atoms with Crippen molar-refractivity contribution in [2.75, 3.05) is 0 Å². The van der Waals surface area contributed by atoms with Crippen LogP contribution in [-0.4, -0.2) is 9.97 Å². The Balaban J connectivity index is 1.22. The van der Waals surface area contributed by atoms with Crippen LogP contribution in [0.25, 0.3) is 88.5 Å². The van der Waals surface area contributed by atoms with Gasteiger partial charge in [0.2, 0.25) is 0 Å². The largest absolute Gasteiger partial charge is 0.228 e. The van der Waals surface area contributed by atoms with Crippen molar-refractivity contribution in [1.82, 2.24) is 9.97 Å². The minimum Gasteiger partial charge on any atom is -0.228 e. The monoisotopic (exact) mass is 650 g/mol. The van der Waals surface area contributed by atoms with Crippen molar-refractivity contribution in [2.24, 2.45) is 0 Å². The molecule has 0 atom stereocenters.